The van der Waals surface area contributed by atoms with Crippen molar-refractivity contribution < 1.29 is 4.92 Å². The van der Waals surface area contributed by atoms with Gasteiger partial charge in [-0.15, -0.1) is 0 Å². The third-order valence-electron chi connectivity index (χ3n) is 3.87. The summed E-state index contributed by atoms with van der Waals surface area (Å²) in [4.78, 5) is 27.1. The molecule has 25 heavy (non-hydrogen) atoms. The van der Waals surface area contributed by atoms with Gasteiger partial charge in [0.05, 0.1) is 18.0 Å². The van der Waals surface area contributed by atoms with Gasteiger partial charge in [0.1, 0.15) is 12.4 Å². The zero-order valence-corrected chi connectivity index (χ0v) is 13.6. The van der Waals surface area contributed by atoms with Crippen LogP contribution in [0.2, 0.25) is 0 Å². The first-order chi connectivity index (χ1) is 12.1. The van der Waals surface area contributed by atoms with Crippen molar-refractivity contribution in [2.75, 3.05) is 37.6 Å². The predicted molar refractivity (Wildman–Crippen MR) is 91.2 cm³/mol. The van der Waals surface area contributed by atoms with Crippen LogP contribution in [0.15, 0.2) is 35.8 Å². The highest BCUT2D eigenvalue weighted by atomic mass is 16.6. The second-order valence-electron chi connectivity index (χ2n) is 5.48. The Balaban J connectivity index is 1.47. The number of guanidine groups is 1. The van der Waals surface area contributed by atoms with Crippen LogP contribution in [0.1, 0.15) is 0 Å². The van der Waals surface area contributed by atoms with E-state index in [0.717, 1.165) is 32.1 Å². The molecule has 0 aromatic carbocycles. The fraction of sp³-hybridized carbons (Fsp3) is 0.429. The lowest BCUT2D eigenvalue weighted by molar-refractivity contribution is -0.385. The molecular weight excluding hydrogens is 326 g/mol. The molecule has 0 amide bonds. The van der Waals surface area contributed by atoms with Crippen LogP contribution in [0, 0.1) is 10.1 Å². The molecule has 0 unspecified atom stereocenters. The van der Waals surface area contributed by atoms with Gasteiger partial charge in [0.2, 0.25) is 5.95 Å². The molecule has 1 saturated heterocycles. The van der Waals surface area contributed by atoms with E-state index in [1.54, 1.807) is 18.5 Å². The van der Waals surface area contributed by atoms with Crippen molar-refractivity contribution in [1.82, 2.24) is 24.6 Å². The lowest BCUT2D eigenvalue weighted by atomic mass is 10.3. The molecular formula is C14H19N9O2. The van der Waals surface area contributed by atoms with Gasteiger partial charge < -0.3 is 15.5 Å². The minimum atomic E-state index is -0.475. The van der Waals surface area contributed by atoms with E-state index >= 15 is 0 Å². The number of hydrogen-bond donors (Lipinski definition) is 1. The number of rotatable bonds is 5. The number of hydrogen-bond acceptors (Lipinski definition) is 7. The largest absolute Gasteiger partial charge is 0.370 e. The van der Waals surface area contributed by atoms with Crippen LogP contribution in [0.3, 0.4) is 0 Å². The standard InChI is InChI=1S/C14H19N9O2/c15-13(16-4-5-22-11-12(10-19-22)23(24)25)20-6-8-21(9-7-20)14-17-2-1-3-18-14/h1-3,10-11H,4-9H2,(H2,15,16). The van der Waals surface area contributed by atoms with Crippen molar-refractivity contribution in [1.29, 1.82) is 0 Å². The number of anilines is 1. The van der Waals surface area contributed by atoms with Crippen molar-refractivity contribution in [2.45, 2.75) is 6.54 Å². The Hall–Kier alpha value is -3.24. The molecule has 132 valence electrons. The van der Waals surface area contributed by atoms with Gasteiger partial charge in [-0.1, -0.05) is 0 Å². The molecule has 0 radical (unpaired) electrons. The lowest BCUT2D eigenvalue weighted by Crippen LogP contribution is -2.51. The van der Waals surface area contributed by atoms with Gasteiger partial charge in [0, 0.05) is 38.6 Å². The third kappa shape index (κ3) is 4.19. The van der Waals surface area contributed by atoms with Gasteiger partial charge in [-0.05, 0) is 6.07 Å². The van der Waals surface area contributed by atoms with E-state index in [0.29, 0.717) is 19.0 Å². The zero-order chi connectivity index (χ0) is 17.6. The van der Waals surface area contributed by atoms with Crippen LogP contribution in [0.4, 0.5) is 11.6 Å². The molecule has 2 aromatic heterocycles. The van der Waals surface area contributed by atoms with Crippen LogP contribution in [-0.2, 0) is 6.54 Å². The molecule has 1 aliphatic rings. The summed E-state index contributed by atoms with van der Waals surface area (Å²) in [6.07, 6.45) is 6.05. The van der Waals surface area contributed by atoms with E-state index in [1.807, 2.05) is 4.90 Å². The number of aliphatic imine (C=N–C) groups is 1. The molecule has 1 fully saturated rings. The summed E-state index contributed by atoms with van der Waals surface area (Å²) in [5, 5.41) is 14.5. The topological polar surface area (TPSA) is 132 Å². The zero-order valence-electron chi connectivity index (χ0n) is 13.6. The highest BCUT2D eigenvalue weighted by Crippen LogP contribution is 2.10. The second kappa shape index (κ2) is 7.55. The van der Waals surface area contributed by atoms with Crippen molar-refractivity contribution >= 4 is 17.6 Å². The number of nitro groups is 1. The minimum absolute atomic E-state index is 0.0313. The van der Waals surface area contributed by atoms with Gasteiger partial charge >= 0.3 is 5.69 Å². The maximum Gasteiger partial charge on any atom is 0.306 e. The van der Waals surface area contributed by atoms with Gasteiger partial charge in [-0.25, -0.2) is 9.97 Å². The SMILES string of the molecule is NC(=NCCn1cc([N+](=O)[O-])cn1)N1CCN(c2ncccn2)CC1. The van der Waals surface area contributed by atoms with E-state index in [4.69, 9.17) is 5.73 Å². The van der Waals surface area contributed by atoms with E-state index in [9.17, 15) is 10.1 Å². The highest BCUT2D eigenvalue weighted by Gasteiger charge is 2.19. The molecule has 0 saturated carbocycles. The van der Waals surface area contributed by atoms with Crippen molar-refractivity contribution in [3.8, 4) is 0 Å². The first-order valence-electron chi connectivity index (χ1n) is 7.87. The number of nitrogens with zero attached hydrogens (tertiary/aromatic N) is 8. The average molecular weight is 345 g/mol. The van der Waals surface area contributed by atoms with Crippen molar-refractivity contribution in [3.63, 3.8) is 0 Å². The Morgan fingerprint density at radius 1 is 1.28 bits per heavy atom. The van der Waals surface area contributed by atoms with Crippen LogP contribution in [0.5, 0.6) is 0 Å². The maximum absolute atomic E-state index is 10.6. The molecule has 0 atom stereocenters. The highest BCUT2D eigenvalue weighted by molar-refractivity contribution is 5.78. The fourth-order valence-electron chi connectivity index (χ4n) is 2.53. The summed E-state index contributed by atoms with van der Waals surface area (Å²) >= 11 is 0. The number of aromatic nitrogens is 4. The third-order valence-corrected chi connectivity index (χ3v) is 3.87. The van der Waals surface area contributed by atoms with Crippen molar-refractivity contribution in [2.24, 2.45) is 10.7 Å². The molecule has 1 aliphatic heterocycles. The molecule has 0 aliphatic carbocycles. The molecule has 2 N–H and O–H groups in total. The Labute approximate surface area is 143 Å². The van der Waals surface area contributed by atoms with Crippen molar-refractivity contribution in [3.05, 3.63) is 41.0 Å². The monoisotopic (exact) mass is 345 g/mol. The summed E-state index contributed by atoms with van der Waals surface area (Å²) in [6, 6.07) is 1.79. The Bertz CT molecular complexity index is 738. The van der Waals surface area contributed by atoms with Gasteiger partial charge in [-0.2, -0.15) is 5.10 Å². The summed E-state index contributed by atoms with van der Waals surface area (Å²) in [5.41, 5.74) is 6.01. The molecule has 3 rings (SSSR count). The smallest absolute Gasteiger partial charge is 0.306 e. The first kappa shape index (κ1) is 16.6. The second-order valence-corrected chi connectivity index (χ2v) is 5.48. The molecule has 11 heteroatoms. The van der Waals surface area contributed by atoms with E-state index in [-0.39, 0.29) is 5.69 Å². The number of piperazine rings is 1. The van der Waals surface area contributed by atoms with Crippen LogP contribution < -0.4 is 10.6 Å². The van der Waals surface area contributed by atoms with Crippen LogP contribution >= 0.6 is 0 Å². The Kier molecular flexibility index (Phi) is 5.02. The van der Waals surface area contributed by atoms with Crippen LogP contribution in [-0.4, -0.2) is 68.3 Å². The lowest BCUT2D eigenvalue weighted by Gasteiger charge is -2.35. The van der Waals surface area contributed by atoms with E-state index in [2.05, 4.69) is 25.0 Å². The quantitative estimate of drug-likeness (QED) is 0.339. The fourth-order valence-corrected chi connectivity index (χ4v) is 2.53. The van der Waals surface area contributed by atoms with Gasteiger partial charge in [0.25, 0.3) is 0 Å². The minimum Gasteiger partial charge on any atom is -0.370 e. The van der Waals surface area contributed by atoms with E-state index < -0.39 is 4.92 Å². The molecule has 3 heterocycles. The van der Waals surface area contributed by atoms with E-state index in [1.165, 1.54) is 17.1 Å². The summed E-state index contributed by atoms with van der Waals surface area (Å²) in [5.74, 6) is 1.19. The van der Waals surface area contributed by atoms with Gasteiger partial charge in [-0.3, -0.25) is 19.8 Å². The normalized spacial score (nSPS) is 15.4. The molecule has 2 aromatic rings. The number of nitrogens with two attached hydrogens (primary N) is 1. The summed E-state index contributed by atoms with van der Waals surface area (Å²) < 4.78 is 1.49. The molecule has 11 nitrogen and oxygen atoms in total. The Morgan fingerprint density at radius 3 is 2.64 bits per heavy atom. The predicted octanol–water partition coefficient (Wildman–Crippen LogP) is -0.282. The summed E-state index contributed by atoms with van der Waals surface area (Å²) in [6.45, 7) is 3.86. The average Bonchev–Trinajstić information content (AvgIpc) is 3.12. The Morgan fingerprint density at radius 2 is 2.00 bits per heavy atom. The first-order valence-corrected chi connectivity index (χ1v) is 7.87. The molecule has 0 bridgehead atoms. The van der Waals surface area contributed by atoms with Crippen LogP contribution in [0.25, 0.3) is 0 Å². The van der Waals surface area contributed by atoms with Gasteiger partial charge in [0.15, 0.2) is 5.96 Å². The molecule has 0 spiro atoms. The summed E-state index contributed by atoms with van der Waals surface area (Å²) in [7, 11) is 0. The maximum atomic E-state index is 10.6.